The van der Waals surface area contributed by atoms with Crippen LogP contribution in [-0.2, 0) is 0 Å². The number of hydrogen-bond donors (Lipinski definition) is 0. The van der Waals surface area contributed by atoms with Crippen molar-refractivity contribution >= 4 is 38.4 Å². The van der Waals surface area contributed by atoms with Crippen molar-refractivity contribution in [3.05, 3.63) is 126 Å². The van der Waals surface area contributed by atoms with Gasteiger partial charge in [-0.1, -0.05) is 97.1 Å². The van der Waals surface area contributed by atoms with E-state index in [9.17, 15) is 4.79 Å². The summed E-state index contributed by atoms with van der Waals surface area (Å²) < 4.78 is 0. The summed E-state index contributed by atoms with van der Waals surface area (Å²) in [6, 6.07) is 38.5. The van der Waals surface area contributed by atoms with Crippen LogP contribution in [0.3, 0.4) is 0 Å². The maximum absolute atomic E-state index is 12.5. The highest BCUT2D eigenvalue weighted by Crippen LogP contribution is 2.38. The van der Waals surface area contributed by atoms with Crippen LogP contribution in [0.4, 0.5) is 0 Å². The molecule has 0 bridgehead atoms. The molecule has 32 heavy (non-hydrogen) atoms. The zero-order chi connectivity index (χ0) is 21.5. The summed E-state index contributed by atoms with van der Waals surface area (Å²) in [6.45, 7) is 0. The van der Waals surface area contributed by atoms with Crippen molar-refractivity contribution in [2.75, 3.05) is 0 Å². The van der Waals surface area contributed by atoms with Crippen molar-refractivity contribution in [3.8, 4) is 11.1 Å². The Balaban J connectivity index is 0.000000126. The predicted molar refractivity (Wildman–Crippen MR) is 132 cm³/mol. The highest BCUT2D eigenvalue weighted by molar-refractivity contribution is 6.25. The molecular weight excluding hydrogens is 390 g/mol. The van der Waals surface area contributed by atoms with Crippen molar-refractivity contribution in [1.82, 2.24) is 4.98 Å². The second-order valence-electron chi connectivity index (χ2n) is 7.96. The molecule has 0 aliphatic heterocycles. The molecule has 5 aromatic carbocycles. The Hall–Kier alpha value is -4.30. The summed E-state index contributed by atoms with van der Waals surface area (Å²) in [7, 11) is 0. The maximum Gasteiger partial charge on any atom is 0.194 e. The molecule has 0 saturated carbocycles. The molecule has 0 saturated heterocycles. The summed E-state index contributed by atoms with van der Waals surface area (Å²) in [6.07, 6.45) is 0. The number of hydrogen-bond acceptors (Lipinski definition) is 2. The van der Waals surface area contributed by atoms with Crippen molar-refractivity contribution in [3.63, 3.8) is 0 Å². The highest BCUT2D eigenvalue weighted by Gasteiger charge is 2.23. The lowest BCUT2D eigenvalue weighted by atomic mass is 9.83. The molecule has 0 N–H and O–H groups in total. The molecule has 1 aliphatic rings. The van der Waals surface area contributed by atoms with Crippen molar-refractivity contribution < 1.29 is 4.79 Å². The lowest BCUT2D eigenvalue weighted by Gasteiger charge is -2.19. The van der Waals surface area contributed by atoms with E-state index in [1.807, 2.05) is 78.9 Å². The average Bonchev–Trinajstić information content (AvgIpc) is 2.86. The van der Waals surface area contributed by atoms with Crippen LogP contribution < -0.4 is 0 Å². The number of carbonyl (C=O) groups is 1. The van der Waals surface area contributed by atoms with Gasteiger partial charge in [-0.05, 0) is 34.7 Å². The molecule has 0 spiro atoms. The molecule has 2 heteroatoms. The van der Waals surface area contributed by atoms with Crippen LogP contribution in [0.2, 0.25) is 0 Å². The van der Waals surface area contributed by atoms with E-state index in [0.717, 1.165) is 38.5 Å². The first-order valence-electron chi connectivity index (χ1n) is 10.7. The minimum absolute atomic E-state index is 0.134. The number of rotatable bonds is 0. The molecule has 0 radical (unpaired) electrons. The molecule has 1 aliphatic carbocycles. The lowest BCUT2D eigenvalue weighted by molar-refractivity contribution is 0.104. The van der Waals surface area contributed by atoms with Gasteiger partial charge in [0.1, 0.15) is 0 Å². The topological polar surface area (TPSA) is 30.0 Å². The minimum Gasteiger partial charge on any atom is -0.289 e. The molecule has 0 unspecified atom stereocenters. The highest BCUT2D eigenvalue weighted by atomic mass is 16.1. The fourth-order valence-corrected chi connectivity index (χ4v) is 4.54. The first-order valence-corrected chi connectivity index (χ1v) is 10.7. The number of para-hydroxylation sites is 2. The lowest BCUT2D eigenvalue weighted by Crippen LogP contribution is -2.09. The summed E-state index contributed by atoms with van der Waals surface area (Å²) in [5, 5.41) is 4.62. The van der Waals surface area contributed by atoms with E-state index >= 15 is 0 Å². The molecular formula is C30H19NO. The standard InChI is InChI=1S/C17H10O.C13H9N/c18-17-14-8-2-1-7-12(14)13-9-3-5-11-6-4-10-15(17)16(11)13;1-3-7-12-10(5-1)9-11-6-2-4-8-13(11)14-12/h1-10H;1-9H. The third-order valence-electron chi connectivity index (χ3n) is 6.04. The summed E-state index contributed by atoms with van der Waals surface area (Å²) in [5.74, 6) is 0.134. The molecule has 7 rings (SSSR count). The predicted octanol–water partition coefficient (Wildman–Crippen LogP) is 7.44. The van der Waals surface area contributed by atoms with E-state index in [2.05, 4.69) is 41.4 Å². The van der Waals surface area contributed by atoms with Gasteiger partial charge in [0.2, 0.25) is 0 Å². The Labute approximate surface area is 185 Å². The number of fused-ring (bicyclic) bond motifs is 4. The fraction of sp³-hybridized carbons (Fsp3) is 0. The largest absolute Gasteiger partial charge is 0.289 e. The third-order valence-corrected chi connectivity index (χ3v) is 6.04. The second-order valence-corrected chi connectivity index (χ2v) is 7.96. The van der Waals surface area contributed by atoms with E-state index in [1.54, 1.807) is 0 Å². The molecule has 6 aromatic rings. The van der Waals surface area contributed by atoms with Crippen LogP contribution in [0.25, 0.3) is 43.7 Å². The van der Waals surface area contributed by atoms with Crippen molar-refractivity contribution in [1.29, 1.82) is 0 Å². The van der Waals surface area contributed by atoms with Gasteiger partial charge in [0.05, 0.1) is 11.0 Å². The van der Waals surface area contributed by atoms with E-state index < -0.39 is 0 Å². The third kappa shape index (κ3) is 2.97. The van der Waals surface area contributed by atoms with Gasteiger partial charge in [-0.15, -0.1) is 0 Å². The Morgan fingerprint density at radius 2 is 0.938 bits per heavy atom. The van der Waals surface area contributed by atoms with Crippen LogP contribution in [-0.4, -0.2) is 10.8 Å². The quantitative estimate of drug-likeness (QED) is 0.244. The smallest absolute Gasteiger partial charge is 0.194 e. The van der Waals surface area contributed by atoms with Crippen molar-refractivity contribution in [2.24, 2.45) is 0 Å². The monoisotopic (exact) mass is 409 g/mol. The van der Waals surface area contributed by atoms with Gasteiger partial charge in [0.15, 0.2) is 5.78 Å². The molecule has 1 aromatic heterocycles. The Morgan fingerprint density at radius 3 is 1.62 bits per heavy atom. The zero-order valence-electron chi connectivity index (χ0n) is 17.3. The van der Waals surface area contributed by atoms with E-state index in [4.69, 9.17) is 0 Å². The Kier molecular flexibility index (Phi) is 4.29. The number of ketones is 1. The van der Waals surface area contributed by atoms with E-state index in [-0.39, 0.29) is 5.78 Å². The first kappa shape index (κ1) is 18.5. The average molecular weight is 409 g/mol. The summed E-state index contributed by atoms with van der Waals surface area (Å²) in [4.78, 5) is 17.1. The summed E-state index contributed by atoms with van der Waals surface area (Å²) in [5.41, 5.74) is 5.97. The number of nitrogens with zero attached hydrogens (tertiary/aromatic N) is 1. The normalized spacial score (nSPS) is 11.8. The van der Waals surface area contributed by atoms with Gasteiger partial charge in [0, 0.05) is 27.3 Å². The molecule has 0 fully saturated rings. The molecule has 2 nitrogen and oxygen atoms in total. The molecule has 150 valence electrons. The van der Waals surface area contributed by atoms with Gasteiger partial charge < -0.3 is 0 Å². The van der Waals surface area contributed by atoms with Gasteiger partial charge >= 0.3 is 0 Å². The number of pyridine rings is 1. The van der Waals surface area contributed by atoms with Crippen LogP contribution in [0.5, 0.6) is 0 Å². The number of carbonyl (C=O) groups excluding carboxylic acids is 1. The van der Waals surface area contributed by atoms with Gasteiger partial charge in [0.25, 0.3) is 0 Å². The maximum atomic E-state index is 12.5. The van der Waals surface area contributed by atoms with E-state index in [1.165, 1.54) is 16.3 Å². The number of aromatic nitrogens is 1. The van der Waals surface area contributed by atoms with Crippen molar-refractivity contribution in [2.45, 2.75) is 0 Å². The first-order chi connectivity index (χ1) is 15.8. The number of benzene rings is 5. The van der Waals surface area contributed by atoms with Crippen LogP contribution in [0.15, 0.2) is 115 Å². The van der Waals surface area contributed by atoms with Crippen LogP contribution in [0.1, 0.15) is 15.9 Å². The van der Waals surface area contributed by atoms with Gasteiger partial charge in [-0.2, -0.15) is 0 Å². The summed E-state index contributed by atoms with van der Waals surface area (Å²) >= 11 is 0. The van der Waals surface area contributed by atoms with E-state index in [0.29, 0.717) is 0 Å². The Bertz CT molecular complexity index is 1540. The Morgan fingerprint density at radius 1 is 0.438 bits per heavy atom. The zero-order valence-corrected chi connectivity index (χ0v) is 17.3. The van der Waals surface area contributed by atoms with Crippen LogP contribution >= 0.6 is 0 Å². The molecule has 0 amide bonds. The molecule has 1 heterocycles. The second kappa shape index (κ2) is 7.44. The van der Waals surface area contributed by atoms with Crippen LogP contribution in [0, 0.1) is 0 Å². The van der Waals surface area contributed by atoms with Gasteiger partial charge in [-0.25, -0.2) is 4.98 Å². The molecule has 0 atom stereocenters. The minimum atomic E-state index is 0.134. The van der Waals surface area contributed by atoms with Gasteiger partial charge in [-0.3, -0.25) is 4.79 Å². The SMILES string of the molecule is O=C1c2ccccc2-c2cccc3cccc1c23.c1ccc2nc3ccccc3cc2c1. The fourth-order valence-electron chi connectivity index (χ4n) is 4.54.